The maximum absolute atomic E-state index is 9.44. The summed E-state index contributed by atoms with van der Waals surface area (Å²) in [5.74, 6) is 0.539. The number of rotatable bonds is 6. The molecule has 0 aromatic rings. The number of hydrogen-bond donors (Lipinski definition) is 3. The zero-order valence-electron chi connectivity index (χ0n) is 11.2. The number of aliphatic hydroxyl groups excluding tert-OH is 1. The lowest BCUT2D eigenvalue weighted by Crippen LogP contribution is -2.40. The average molecular weight is 241 g/mol. The highest BCUT2D eigenvalue weighted by Crippen LogP contribution is 2.25. The van der Waals surface area contributed by atoms with Gasteiger partial charge >= 0.3 is 0 Å². The minimum atomic E-state index is -0.0953. The summed E-state index contributed by atoms with van der Waals surface area (Å²) in [6.45, 7) is 4.98. The predicted molar refractivity (Wildman–Crippen MR) is 72.0 cm³/mol. The molecular formula is C13H27N3O. The molecule has 0 amide bonds. The van der Waals surface area contributed by atoms with E-state index in [0.29, 0.717) is 18.5 Å². The van der Waals surface area contributed by atoms with Crippen LogP contribution in [-0.2, 0) is 0 Å². The molecule has 4 N–H and O–H groups in total. The summed E-state index contributed by atoms with van der Waals surface area (Å²) in [7, 11) is 0. The third-order valence-corrected chi connectivity index (χ3v) is 4.13. The van der Waals surface area contributed by atoms with E-state index in [1.807, 2.05) is 0 Å². The zero-order valence-corrected chi connectivity index (χ0v) is 11.2. The lowest BCUT2D eigenvalue weighted by atomic mass is 9.83. The van der Waals surface area contributed by atoms with Crippen molar-refractivity contribution in [3.63, 3.8) is 0 Å². The first-order chi connectivity index (χ1) is 8.15. The maximum Gasteiger partial charge on any atom is 0.188 e. The summed E-state index contributed by atoms with van der Waals surface area (Å²) in [6, 6.07) is 0.505. The predicted octanol–water partition coefficient (Wildman–Crippen LogP) is 1.63. The van der Waals surface area contributed by atoms with Crippen LogP contribution < -0.4 is 11.1 Å². The van der Waals surface area contributed by atoms with Crippen LogP contribution in [0, 0.1) is 5.41 Å². The lowest BCUT2D eigenvalue weighted by Gasteiger charge is -2.27. The first-order valence-corrected chi connectivity index (χ1v) is 6.83. The Balaban J connectivity index is 2.44. The molecule has 0 aromatic carbocycles. The van der Waals surface area contributed by atoms with E-state index >= 15 is 0 Å². The summed E-state index contributed by atoms with van der Waals surface area (Å²) >= 11 is 0. The fourth-order valence-corrected chi connectivity index (χ4v) is 2.33. The van der Waals surface area contributed by atoms with E-state index < -0.39 is 0 Å². The molecule has 1 rings (SSSR count). The molecule has 4 heteroatoms. The van der Waals surface area contributed by atoms with Crippen LogP contribution in [0.5, 0.6) is 0 Å². The Morgan fingerprint density at radius 2 is 1.94 bits per heavy atom. The molecule has 0 saturated heterocycles. The van der Waals surface area contributed by atoms with Crippen molar-refractivity contribution in [1.82, 2.24) is 5.32 Å². The molecule has 100 valence electrons. The Hall–Kier alpha value is -0.770. The first kappa shape index (κ1) is 14.3. The summed E-state index contributed by atoms with van der Waals surface area (Å²) in [6.07, 6.45) is 6.83. The van der Waals surface area contributed by atoms with Crippen molar-refractivity contribution in [2.45, 2.75) is 58.4 Å². The smallest absolute Gasteiger partial charge is 0.188 e. The minimum absolute atomic E-state index is 0.0953. The van der Waals surface area contributed by atoms with Gasteiger partial charge in [-0.2, -0.15) is 0 Å². The molecule has 17 heavy (non-hydrogen) atoms. The van der Waals surface area contributed by atoms with E-state index in [-0.39, 0.29) is 12.0 Å². The standard InChI is InChI=1S/C13H27N3O/c1-3-13(4-2,10-17)9-15-12(14)16-11-7-5-6-8-11/h11,17H,3-10H2,1-2H3,(H3,14,15,16). The van der Waals surface area contributed by atoms with Gasteiger partial charge in [-0.3, -0.25) is 4.99 Å². The molecule has 0 radical (unpaired) electrons. The third kappa shape index (κ3) is 4.19. The van der Waals surface area contributed by atoms with Crippen LogP contribution in [0.15, 0.2) is 4.99 Å². The van der Waals surface area contributed by atoms with Crippen molar-refractivity contribution in [1.29, 1.82) is 0 Å². The molecule has 4 nitrogen and oxygen atoms in total. The Kier molecular flexibility index (Phi) is 5.75. The number of nitrogens with two attached hydrogens (primary N) is 1. The van der Waals surface area contributed by atoms with Crippen LogP contribution in [0.25, 0.3) is 0 Å². The van der Waals surface area contributed by atoms with E-state index in [1.165, 1.54) is 25.7 Å². The fourth-order valence-electron chi connectivity index (χ4n) is 2.33. The molecule has 0 unspecified atom stereocenters. The Morgan fingerprint density at radius 1 is 1.35 bits per heavy atom. The molecule has 1 fully saturated rings. The Labute approximate surface area is 105 Å². The zero-order chi connectivity index (χ0) is 12.7. The fraction of sp³-hybridized carbons (Fsp3) is 0.923. The molecule has 1 aliphatic rings. The first-order valence-electron chi connectivity index (χ1n) is 6.83. The van der Waals surface area contributed by atoms with Gasteiger partial charge in [-0.15, -0.1) is 0 Å². The molecular weight excluding hydrogens is 214 g/mol. The van der Waals surface area contributed by atoms with Crippen molar-refractivity contribution in [3.8, 4) is 0 Å². The van der Waals surface area contributed by atoms with Crippen molar-refractivity contribution < 1.29 is 5.11 Å². The second-order valence-corrected chi connectivity index (χ2v) is 5.19. The normalized spacial score (nSPS) is 18.6. The van der Waals surface area contributed by atoms with E-state index in [2.05, 4.69) is 24.2 Å². The number of nitrogens with one attached hydrogen (secondary N) is 1. The largest absolute Gasteiger partial charge is 0.396 e. The van der Waals surface area contributed by atoms with Crippen molar-refractivity contribution in [3.05, 3.63) is 0 Å². The molecule has 0 atom stereocenters. The summed E-state index contributed by atoms with van der Waals surface area (Å²) in [4.78, 5) is 4.40. The molecule has 0 bridgehead atoms. The summed E-state index contributed by atoms with van der Waals surface area (Å²) in [5, 5.41) is 12.7. The van der Waals surface area contributed by atoms with E-state index in [1.54, 1.807) is 0 Å². The molecule has 0 spiro atoms. The SMILES string of the molecule is CCC(CC)(CO)CN=C(N)NC1CCCC1. The lowest BCUT2D eigenvalue weighted by molar-refractivity contribution is 0.123. The van der Waals surface area contributed by atoms with Gasteiger partial charge < -0.3 is 16.2 Å². The Morgan fingerprint density at radius 3 is 2.41 bits per heavy atom. The number of guanidine groups is 1. The second kappa shape index (κ2) is 6.84. The van der Waals surface area contributed by atoms with Gasteiger partial charge in [-0.1, -0.05) is 26.7 Å². The van der Waals surface area contributed by atoms with Gasteiger partial charge in [0.25, 0.3) is 0 Å². The van der Waals surface area contributed by atoms with Crippen LogP contribution >= 0.6 is 0 Å². The Bertz CT molecular complexity index is 235. The van der Waals surface area contributed by atoms with Crippen molar-refractivity contribution in [2.24, 2.45) is 16.1 Å². The molecule has 0 aromatic heterocycles. The average Bonchev–Trinajstić information content (AvgIpc) is 2.84. The van der Waals surface area contributed by atoms with Gasteiger partial charge in [0.05, 0.1) is 13.2 Å². The minimum Gasteiger partial charge on any atom is -0.396 e. The molecule has 0 heterocycles. The second-order valence-electron chi connectivity index (χ2n) is 5.19. The van der Waals surface area contributed by atoms with Crippen LogP contribution in [0.2, 0.25) is 0 Å². The topological polar surface area (TPSA) is 70.6 Å². The summed E-state index contributed by atoms with van der Waals surface area (Å²) < 4.78 is 0. The molecule has 0 aliphatic heterocycles. The van der Waals surface area contributed by atoms with Crippen LogP contribution in [0.1, 0.15) is 52.4 Å². The van der Waals surface area contributed by atoms with Gasteiger partial charge in [0.1, 0.15) is 0 Å². The highest BCUT2D eigenvalue weighted by Gasteiger charge is 2.25. The number of aliphatic imine (C=N–C) groups is 1. The maximum atomic E-state index is 9.44. The van der Waals surface area contributed by atoms with Gasteiger partial charge in [-0.25, -0.2) is 0 Å². The number of hydrogen-bond acceptors (Lipinski definition) is 2. The number of nitrogens with zero attached hydrogens (tertiary/aromatic N) is 1. The monoisotopic (exact) mass is 241 g/mol. The molecule has 1 saturated carbocycles. The molecule has 1 aliphatic carbocycles. The van der Waals surface area contributed by atoms with E-state index in [9.17, 15) is 5.11 Å². The van der Waals surface area contributed by atoms with Gasteiger partial charge in [0.15, 0.2) is 5.96 Å². The summed E-state index contributed by atoms with van der Waals surface area (Å²) in [5.41, 5.74) is 5.79. The van der Waals surface area contributed by atoms with Crippen molar-refractivity contribution >= 4 is 5.96 Å². The van der Waals surface area contributed by atoms with Gasteiger partial charge in [0.2, 0.25) is 0 Å². The van der Waals surface area contributed by atoms with Gasteiger partial charge in [-0.05, 0) is 25.7 Å². The van der Waals surface area contributed by atoms with E-state index in [4.69, 9.17) is 5.73 Å². The number of aliphatic hydroxyl groups is 1. The highest BCUT2D eigenvalue weighted by molar-refractivity contribution is 5.78. The highest BCUT2D eigenvalue weighted by atomic mass is 16.3. The van der Waals surface area contributed by atoms with Crippen molar-refractivity contribution in [2.75, 3.05) is 13.2 Å². The van der Waals surface area contributed by atoms with Crippen LogP contribution in [0.3, 0.4) is 0 Å². The van der Waals surface area contributed by atoms with Gasteiger partial charge in [0, 0.05) is 11.5 Å². The van der Waals surface area contributed by atoms with E-state index in [0.717, 1.165) is 12.8 Å². The van der Waals surface area contributed by atoms with Crippen LogP contribution in [-0.4, -0.2) is 30.3 Å². The van der Waals surface area contributed by atoms with Crippen LogP contribution in [0.4, 0.5) is 0 Å². The quantitative estimate of drug-likeness (QED) is 0.489. The third-order valence-electron chi connectivity index (χ3n) is 4.13.